The number of morpholine rings is 1. The number of unbranched alkanes of at least 4 members (excludes halogenated alkanes) is 1. The zero-order chi connectivity index (χ0) is 17.2. The number of carbonyl (C=O) groups is 1. The Balaban J connectivity index is 1.73. The van der Waals surface area contributed by atoms with E-state index in [0.717, 1.165) is 64.3 Å². The lowest BCUT2D eigenvalue weighted by atomic mass is 10.2. The molecule has 1 aromatic rings. The molecule has 0 saturated carbocycles. The summed E-state index contributed by atoms with van der Waals surface area (Å²) < 4.78 is 10.6. The molecule has 1 aliphatic rings. The third-order valence-electron chi connectivity index (χ3n) is 4.03. The van der Waals surface area contributed by atoms with Crippen LogP contribution in [0.3, 0.4) is 0 Å². The summed E-state index contributed by atoms with van der Waals surface area (Å²) >= 11 is 0. The number of rotatable bonds is 9. The van der Waals surface area contributed by atoms with Gasteiger partial charge >= 0.3 is 5.97 Å². The Morgan fingerprint density at radius 1 is 1.33 bits per heavy atom. The fourth-order valence-corrected chi connectivity index (χ4v) is 2.58. The second-order valence-electron chi connectivity index (χ2n) is 5.96. The Morgan fingerprint density at radius 3 is 2.83 bits per heavy atom. The Morgan fingerprint density at radius 2 is 2.12 bits per heavy atom. The third-order valence-corrected chi connectivity index (χ3v) is 4.03. The third kappa shape index (κ3) is 6.02. The largest absolute Gasteiger partial charge is 0.507 e. The molecule has 1 aliphatic heterocycles. The maximum atomic E-state index is 12.1. The van der Waals surface area contributed by atoms with Crippen molar-refractivity contribution < 1.29 is 19.4 Å². The first-order valence-corrected chi connectivity index (χ1v) is 8.75. The Kier molecular flexibility index (Phi) is 7.85. The molecule has 0 unspecified atom stereocenters. The van der Waals surface area contributed by atoms with Crippen molar-refractivity contribution in [1.82, 2.24) is 4.90 Å². The van der Waals surface area contributed by atoms with Crippen LogP contribution >= 0.6 is 0 Å². The number of carbonyl (C=O) groups excluding carboxylic acids is 1. The molecule has 1 saturated heterocycles. The summed E-state index contributed by atoms with van der Waals surface area (Å²) in [5, 5.41) is 13.2. The molecule has 0 radical (unpaired) electrons. The average molecular weight is 336 g/mol. The fourth-order valence-electron chi connectivity index (χ4n) is 2.58. The number of esters is 1. The Bertz CT molecular complexity index is 516. The first-order valence-electron chi connectivity index (χ1n) is 8.75. The minimum absolute atomic E-state index is 0.0466. The SMILES string of the molecule is CCCCNc1ccc(C(=O)OCCCN2CCOCC2)c(O)c1. The molecule has 0 atom stereocenters. The number of nitrogens with zero attached hydrogens (tertiary/aromatic N) is 1. The number of phenols is 1. The van der Waals surface area contributed by atoms with E-state index in [2.05, 4.69) is 17.1 Å². The zero-order valence-electron chi connectivity index (χ0n) is 14.4. The number of phenolic OH excluding ortho intramolecular Hbond substituents is 1. The first-order chi connectivity index (χ1) is 11.7. The topological polar surface area (TPSA) is 71.0 Å². The fraction of sp³-hybridized carbons (Fsp3) is 0.611. The van der Waals surface area contributed by atoms with E-state index in [1.54, 1.807) is 18.2 Å². The van der Waals surface area contributed by atoms with Gasteiger partial charge in [0.2, 0.25) is 0 Å². The summed E-state index contributed by atoms with van der Waals surface area (Å²) in [6.07, 6.45) is 2.95. The van der Waals surface area contributed by atoms with E-state index >= 15 is 0 Å². The molecule has 0 aliphatic carbocycles. The number of aromatic hydroxyl groups is 1. The van der Waals surface area contributed by atoms with Gasteiger partial charge in [-0.25, -0.2) is 4.79 Å². The second-order valence-corrected chi connectivity index (χ2v) is 5.96. The van der Waals surface area contributed by atoms with E-state index in [-0.39, 0.29) is 11.3 Å². The van der Waals surface area contributed by atoms with Crippen LogP contribution in [0.5, 0.6) is 5.75 Å². The van der Waals surface area contributed by atoms with Crippen LogP contribution in [-0.2, 0) is 9.47 Å². The van der Waals surface area contributed by atoms with Gasteiger partial charge in [0.05, 0.1) is 19.8 Å². The van der Waals surface area contributed by atoms with Gasteiger partial charge in [0.15, 0.2) is 0 Å². The van der Waals surface area contributed by atoms with Crippen LogP contribution in [0.1, 0.15) is 36.5 Å². The van der Waals surface area contributed by atoms with Crippen LogP contribution in [0.2, 0.25) is 0 Å². The van der Waals surface area contributed by atoms with E-state index in [9.17, 15) is 9.90 Å². The van der Waals surface area contributed by atoms with Gasteiger partial charge in [-0.1, -0.05) is 13.3 Å². The van der Waals surface area contributed by atoms with Gasteiger partial charge in [-0.05, 0) is 25.0 Å². The molecule has 6 nitrogen and oxygen atoms in total. The highest BCUT2D eigenvalue weighted by molar-refractivity contribution is 5.93. The van der Waals surface area contributed by atoms with Gasteiger partial charge in [-0.2, -0.15) is 0 Å². The molecule has 6 heteroatoms. The molecule has 2 rings (SSSR count). The minimum atomic E-state index is -0.477. The van der Waals surface area contributed by atoms with Crippen molar-refractivity contribution in [3.05, 3.63) is 23.8 Å². The molecule has 1 heterocycles. The van der Waals surface area contributed by atoms with E-state index < -0.39 is 5.97 Å². The molecule has 0 bridgehead atoms. The predicted molar refractivity (Wildman–Crippen MR) is 93.7 cm³/mol. The molecule has 24 heavy (non-hydrogen) atoms. The van der Waals surface area contributed by atoms with Crippen molar-refractivity contribution in [2.24, 2.45) is 0 Å². The quantitative estimate of drug-likeness (QED) is 0.533. The normalized spacial score (nSPS) is 15.2. The monoisotopic (exact) mass is 336 g/mol. The summed E-state index contributed by atoms with van der Waals surface area (Å²) in [5.74, 6) is -0.524. The van der Waals surface area contributed by atoms with Gasteiger partial charge in [-0.3, -0.25) is 4.90 Å². The summed E-state index contributed by atoms with van der Waals surface area (Å²) in [5.41, 5.74) is 1.02. The van der Waals surface area contributed by atoms with Crippen LogP contribution in [-0.4, -0.2) is 62.0 Å². The highest BCUT2D eigenvalue weighted by Crippen LogP contribution is 2.23. The molecule has 0 aromatic heterocycles. The predicted octanol–water partition coefficient (Wildman–Crippen LogP) is 2.48. The molecule has 0 amide bonds. The zero-order valence-corrected chi connectivity index (χ0v) is 14.4. The molecule has 1 aromatic carbocycles. The number of ether oxygens (including phenoxy) is 2. The molecule has 1 fully saturated rings. The summed E-state index contributed by atoms with van der Waals surface area (Å²) in [6.45, 7) is 7.62. The molecule has 0 spiro atoms. The van der Waals surface area contributed by atoms with Crippen LogP contribution in [0.25, 0.3) is 0 Å². The minimum Gasteiger partial charge on any atom is -0.507 e. The lowest BCUT2D eigenvalue weighted by molar-refractivity contribution is 0.0297. The van der Waals surface area contributed by atoms with Crippen molar-refractivity contribution >= 4 is 11.7 Å². The van der Waals surface area contributed by atoms with E-state index in [4.69, 9.17) is 9.47 Å². The highest BCUT2D eigenvalue weighted by atomic mass is 16.5. The summed E-state index contributed by atoms with van der Waals surface area (Å²) in [7, 11) is 0. The number of anilines is 1. The Labute approximate surface area is 143 Å². The van der Waals surface area contributed by atoms with Crippen LogP contribution in [0, 0.1) is 0 Å². The molecule has 2 N–H and O–H groups in total. The van der Waals surface area contributed by atoms with Gasteiger partial charge in [0, 0.05) is 37.9 Å². The van der Waals surface area contributed by atoms with Crippen LogP contribution in [0.15, 0.2) is 18.2 Å². The van der Waals surface area contributed by atoms with Gasteiger partial charge in [0.25, 0.3) is 0 Å². The number of benzene rings is 1. The standard InChI is InChI=1S/C18H28N2O4/c1-2-3-7-19-15-5-6-16(17(21)14-15)18(22)24-11-4-8-20-9-12-23-13-10-20/h5-6,14,19,21H,2-4,7-13H2,1H3. The smallest absolute Gasteiger partial charge is 0.341 e. The van der Waals surface area contributed by atoms with Gasteiger partial charge < -0.3 is 19.9 Å². The molecule has 134 valence electrons. The summed E-state index contributed by atoms with van der Waals surface area (Å²) in [4.78, 5) is 14.3. The molecular formula is C18H28N2O4. The number of hydrogen-bond donors (Lipinski definition) is 2. The Hall–Kier alpha value is -1.79. The van der Waals surface area contributed by atoms with Crippen molar-refractivity contribution in [2.75, 3.05) is 51.3 Å². The highest BCUT2D eigenvalue weighted by Gasteiger charge is 2.14. The maximum absolute atomic E-state index is 12.1. The number of nitrogens with one attached hydrogen (secondary N) is 1. The van der Waals surface area contributed by atoms with Crippen LogP contribution < -0.4 is 5.32 Å². The summed E-state index contributed by atoms with van der Waals surface area (Å²) in [6, 6.07) is 4.97. The lowest BCUT2D eigenvalue weighted by Gasteiger charge is -2.26. The van der Waals surface area contributed by atoms with Gasteiger partial charge in [-0.15, -0.1) is 0 Å². The second kappa shape index (κ2) is 10.2. The van der Waals surface area contributed by atoms with E-state index in [1.165, 1.54) is 0 Å². The van der Waals surface area contributed by atoms with Crippen molar-refractivity contribution in [2.45, 2.75) is 26.2 Å². The molecular weight excluding hydrogens is 308 g/mol. The number of hydrogen-bond acceptors (Lipinski definition) is 6. The average Bonchev–Trinajstić information content (AvgIpc) is 2.60. The van der Waals surface area contributed by atoms with E-state index in [0.29, 0.717) is 6.61 Å². The van der Waals surface area contributed by atoms with Crippen molar-refractivity contribution in [1.29, 1.82) is 0 Å². The lowest BCUT2D eigenvalue weighted by Crippen LogP contribution is -2.37. The maximum Gasteiger partial charge on any atom is 0.341 e. The first kappa shape index (κ1) is 18.5. The van der Waals surface area contributed by atoms with Crippen molar-refractivity contribution in [3.8, 4) is 5.75 Å². The van der Waals surface area contributed by atoms with E-state index in [1.807, 2.05) is 0 Å². The van der Waals surface area contributed by atoms with Crippen molar-refractivity contribution in [3.63, 3.8) is 0 Å². The van der Waals surface area contributed by atoms with Crippen LogP contribution in [0.4, 0.5) is 5.69 Å². The van der Waals surface area contributed by atoms with Gasteiger partial charge in [0.1, 0.15) is 11.3 Å².